The van der Waals surface area contributed by atoms with Gasteiger partial charge in [-0.25, -0.2) is 9.59 Å². The molecule has 0 heterocycles. The van der Waals surface area contributed by atoms with Crippen molar-refractivity contribution >= 4 is 23.1 Å². The van der Waals surface area contributed by atoms with Gasteiger partial charge in [0, 0.05) is 23.3 Å². The van der Waals surface area contributed by atoms with Gasteiger partial charge in [-0.1, -0.05) is 13.2 Å². The van der Waals surface area contributed by atoms with Crippen LogP contribution < -0.4 is 9.47 Å². The minimum atomic E-state index is -1.38. The Morgan fingerprint density at radius 1 is 0.812 bits per heavy atom. The third-order valence-electron chi connectivity index (χ3n) is 4.01. The van der Waals surface area contributed by atoms with Gasteiger partial charge in [-0.2, -0.15) is 0 Å². The number of rotatable bonds is 12. The predicted molar refractivity (Wildman–Crippen MR) is 120 cm³/mol. The Morgan fingerprint density at radius 2 is 1.16 bits per heavy atom. The summed E-state index contributed by atoms with van der Waals surface area (Å²) in [4.78, 5) is 23.6. The van der Waals surface area contributed by atoms with Gasteiger partial charge in [0.1, 0.15) is 36.9 Å². The van der Waals surface area contributed by atoms with Gasteiger partial charge in [-0.05, 0) is 62.4 Å². The number of benzene rings is 2. The summed E-state index contributed by atoms with van der Waals surface area (Å²) >= 11 is -1.38. The number of ether oxygens (including phenoxy) is 4. The zero-order valence-electron chi connectivity index (χ0n) is 18.0. The van der Waals surface area contributed by atoms with Crippen molar-refractivity contribution in [3.8, 4) is 11.5 Å². The normalized spacial score (nSPS) is 13.2. The number of esters is 2. The van der Waals surface area contributed by atoms with Crippen molar-refractivity contribution < 1.29 is 33.1 Å². The molecule has 0 fully saturated rings. The number of carbonyl (C=O) groups excluding carboxylic acids is 2. The highest BCUT2D eigenvalue weighted by Gasteiger charge is 2.16. The van der Waals surface area contributed by atoms with Gasteiger partial charge in [-0.3, -0.25) is 0 Å². The van der Waals surface area contributed by atoms with Crippen LogP contribution in [0.1, 0.15) is 13.8 Å². The Balaban J connectivity index is 1.87. The van der Waals surface area contributed by atoms with Crippen LogP contribution in [0.3, 0.4) is 0 Å². The van der Waals surface area contributed by atoms with E-state index < -0.39 is 35.3 Å². The van der Waals surface area contributed by atoms with Gasteiger partial charge < -0.3 is 23.5 Å². The lowest BCUT2D eigenvalue weighted by molar-refractivity contribution is -0.144. The standard InChI is InChI=1S/C24H26O7S/c1-5-23(25)30-17(3)15-28-19-7-11-21(12-8-19)32(27)22-13-9-20(10-14-22)29-16-18(4)31-24(26)6-2/h5-14,17-18H,1-2,15-16H2,3-4H3. The minimum absolute atomic E-state index is 0.189. The van der Waals surface area contributed by atoms with E-state index in [1.54, 1.807) is 62.4 Å². The van der Waals surface area contributed by atoms with E-state index in [-0.39, 0.29) is 13.2 Å². The fourth-order valence-corrected chi connectivity index (χ4v) is 3.48. The number of carbonyl (C=O) groups is 2. The molecule has 2 aromatic carbocycles. The van der Waals surface area contributed by atoms with Crippen LogP contribution in [0.25, 0.3) is 0 Å². The number of hydrogen-bond acceptors (Lipinski definition) is 7. The Morgan fingerprint density at radius 3 is 1.47 bits per heavy atom. The van der Waals surface area contributed by atoms with Crippen LogP contribution in [0.15, 0.2) is 83.6 Å². The van der Waals surface area contributed by atoms with Crippen LogP contribution in [0, 0.1) is 0 Å². The summed E-state index contributed by atoms with van der Waals surface area (Å²) in [6.45, 7) is 10.5. The minimum Gasteiger partial charge on any atom is -0.606 e. The third kappa shape index (κ3) is 8.13. The maximum atomic E-state index is 12.8. The molecule has 32 heavy (non-hydrogen) atoms. The molecule has 7 nitrogen and oxygen atoms in total. The van der Waals surface area contributed by atoms with Gasteiger partial charge in [0.05, 0.1) is 0 Å². The van der Waals surface area contributed by atoms with Crippen LogP contribution >= 0.6 is 0 Å². The molecular weight excluding hydrogens is 432 g/mol. The van der Waals surface area contributed by atoms with Crippen LogP contribution in [0.4, 0.5) is 0 Å². The SMILES string of the molecule is C=CC(=O)OC(C)COc1ccc([S+]([O-])c2ccc(OCC(C)OC(=O)C=C)cc2)cc1. The highest BCUT2D eigenvalue weighted by molar-refractivity contribution is 7.91. The summed E-state index contributed by atoms with van der Waals surface area (Å²) in [6.07, 6.45) is 1.35. The van der Waals surface area contributed by atoms with E-state index in [1.165, 1.54) is 0 Å². The molecule has 0 bridgehead atoms. The largest absolute Gasteiger partial charge is 0.606 e. The predicted octanol–water partition coefficient (Wildman–Crippen LogP) is 3.85. The molecule has 0 aromatic heterocycles. The molecule has 0 radical (unpaired) electrons. The monoisotopic (exact) mass is 458 g/mol. The first-order valence-electron chi connectivity index (χ1n) is 9.86. The van der Waals surface area contributed by atoms with Crippen molar-refractivity contribution in [2.24, 2.45) is 0 Å². The van der Waals surface area contributed by atoms with Crippen molar-refractivity contribution in [1.82, 2.24) is 0 Å². The lowest BCUT2D eigenvalue weighted by atomic mass is 10.3. The molecule has 2 atom stereocenters. The molecular formula is C24H26O7S. The molecule has 0 aliphatic carbocycles. The summed E-state index contributed by atoms with van der Waals surface area (Å²) in [5.74, 6) is 0.132. The molecule has 0 aliphatic heterocycles. The topological polar surface area (TPSA) is 94.1 Å². The van der Waals surface area contributed by atoms with Gasteiger partial charge in [0.15, 0.2) is 9.79 Å². The molecule has 2 aromatic rings. The highest BCUT2D eigenvalue weighted by atomic mass is 32.2. The van der Waals surface area contributed by atoms with Crippen LogP contribution in [-0.2, 0) is 30.2 Å². The van der Waals surface area contributed by atoms with E-state index in [4.69, 9.17) is 18.9 Å². The second kappa shape index (κ2) is 12.6. The van der Waals surface area contributed by atoms with Crippen molar-refractivity contribution in [2.75, 3.05) is 13.2 Å². The maximum Gasteiger partial charge on any atom is 0.330 e. The Hall–Kier alpha value is -3.23. The third-order valence-corrected chi connectivity index (χ3v) is 5.41. The van der Waals surface area contributed by atoms with E-state index in [0.29, 0.717) is 21.3 Å². The van der Waals surface area contributed by atoms with Crippen molar-refractivity contribution in [2.45, 2.75) is 35.8 Å². The first-order valence-corrected chi connectivity index (χ1v) is 11.0. The summed E-state index contributed by atoms with van der Waals surface area (Å²) in [5.41, 5.74) is 0. The van der Waals surface area contributed by atoms with E-state index >= 15 is 0 Å². The van der Waals surface area contributed by atoms with Gasteiger partial charge >= 0.3 is 11.9 Å². The average Bonchev–Trinajstić information content (AvgIpc) is 2.81. The summed E-state index contributed by atoms with van der Waals surface area (Å²) < 4.78 is 34.0. The van der Waals surface area contributed by atoms with E-state index in [0.717, 1.165) is 12.2 Å². The first-order chi connectivity index (χ1) is 15.3. The lowest BCUT2D eigenvalue weighted by Crippen LogP contribution is -2.20. The second-order valence-electron chi connectivity index (χ2n) is 6.74. The summed E-state index contributed by atoms with van der Waals surface area (Å²) in [5, 5.41) is 0. The first kappa shape index (κ1) is 25.0. The van der Waals surface area contributed by atoms with Crippen molar-refractivity contribution in [1.29, 1.82) is 0 Å². The molecule has 0 amide bonds. The Kier molecular flexibility index (Phi) is 9.84. The fourth-order valence-electron chi connectivity index (χ4n) is 2.44. The molecule has 0 N–H and O–H groups in total. The van der Waals surface area contributed by atoms with Crippen molar-refractivity contribution in [3.63, 3.8) is 0 Å². The van der Waals surface area contributed by atoms with E-state index in [2.05, 4.69) is 13.2 Å². The highest BCUT2D eigenvalue weighted by Crippen LogP contribution is 2.25. The van der Waals surface area contributed by atoms with Gasteiger partial charge in [0.2, 0.25) is 0 Å². The Labute approximate surface area is 190 Å². The molecule has 0 saturated heterocycles. The molecule has 0 spiro atoms. The second-order valence-corrected chi connectivity index (χ2v) is 8.22. The van der Waals surface area contributed by atoms with Crippen LogP contribution in [0.2, 0.25) is 0 Å². The maximum absolute atomic E-state index is 12.8. The molecule has 2 unspecified atom stereocenters. The smallest absolute Gasteiger partial charge is 0.330 e. The molecule has 8 heteroatoms. The van der Waals surface area contributed by atoms with Gasteiger partial charge in [0.25, 0.3) is 0 Å². The molecule has 0 saturated carbocycles. The Bertz CT molecular complexity index is 833. The summed E-state index contributed by atoms with van der Waals surface area (Å²) in [6, 6.07) is 13.7. The zero-order chi connectivity index (χ0) is 23.5. The van der Waals surface area contributed by atoms with Crippen molar-refractivity contribution in [3.05, 3.63) is 73.8 Å². The van der Waals surface area contributed by atoms with Crippen LogP contribution in [0.5, 0.6) is 11.5 Å². The molecule has 2 rings (SSSR count). The lowest BCUT2D eigenvalue weighted by Gasteiger charge is -2.15. The molecule has 0 aliphatic rings. The summed E-state index contributed by atoms with van der Waals surface area (Å²) in [7, 11) is 0. The quantitative estimate of drug-likeness (QED) is 0.271. The molecule has 170 valence electrons. The number of hydrogen-bond donors (Lipinski definition) is 0. The average molecular weight is 459 g/mol. The van der Waals surface area contributed by atoms with E-state index in [1.807, 2.05) is 0 Å². The fraction of sp³-hybridized carbons (Fsp3) is 0.250. The zero-order valence-corrected chi connectivity index (χ0v) is 18.8. The van der Waals surface area contributed by atoms with Gasteiger partial charge in [-0.15, -0.1) is 0 Å². The van der Waals surface area contributed by atoms with Crippen LogP contribution in [-0.4, -0.2) is 41.9 Å². The van der Waals surface area contributed by atoms with E-state index in [9.17, 15) is 14.1 Å².